The Kier molecular flexibility index (Phi) is 6.76. The van der Waals surface area contributed by atoms with E-state index < -0.39 is 0 Å². The molecule has 2 aromatic carbocycles. The molecule has 4 nitrogen and oxygen atoms in total. The number of esters is 1. The van der Waals surface area contributed by atoms with Gasteiger partial charge in [-0.2, -0.15) is 0 Å². The van der Waals surface area contributed by atoms with Gasteiger partial charge in [0.1, 0.15) is 11.5 Å². The highest BCUT2D eigenvalue weighted by Crippen LogP contribution is 2.44. The van der Waals surface area contributed by atoms with Crippen molar-refractivity contribution in [2.45, 2.75) is 65.7 Å². The predicted octanol–water partition coefficient (Wildman–Crippen LogP) is 5.37. The summed E-state index contributed by atoms with van der Waals surface area (Å²) in [5, 5.41) is 20.5. The van der Waals surface area contributed by atoms with Crippen molar-refractivity contribution in [1.82, 2.24) is 0 Å². The fraction of sp³-hybridized carbons (Fsp3) is 0.458. The van der Waals surface area contributed by atoms with Gasteiger partial charge in [0.2, 0.25) is 0 Å². The molecule has 0 bridgehead atoms. The van der Waals surface area contributed by atoms with Gasteiger partial charge in [0.15, 0.2) is 0 Å². The van der Waals surface area contributed by atoms with Crippen LogP contribution in [0.3, 0.4) is 0 Å². The third kappa shape index (κ3) is 4.16. The summed E-state index contributed by atoms with van der Waals surface area (Å²) in [7, 11) is 1.41. The Balaban J connectivity index is 2.64. The summed E-state index contributed by atoms with van der Waals surface area (Å²) < 4.78 is 4.81. The number of rotatable bonds is 7. The van der Waals surface area contributed by atoms with Gasteiger partial charge in [-0.15, -0.1) is 0 Å². The van der Waals surface area contributed by atoms with E-state index in [4.69, 9.17) is 4.74 Å². The van der Waals surface area contributed by atoms with E-state index in [0.717, 1.165) is 46.2 Å². The molecule has 4 heteroatoms. The minimum Gasteiger partial charge on any atom is -0.507 e. The third-order valence-electron chi connectivity index (χ3n) is 5.90. The Hall–Kier alpha value is -2.49. The smallest absolute Gasteiger partial charge is 0.305 e. The summed E-state index contributed by atoms with van der Waals surface area (Å²) in [6.07, 6.45) is 2.66. The number of aromatic hydroxyl groups is 2. The minimum absolute atomic E-state index is 0.207. The van der Waals surface area contributed by atoms with Crippen molar-refractivity contribution in [1.29, 1.82) is 0 Å². The molecule has 0 fully saturated rings. The maximum Gasteiger partial charge on any atom is 0.305 e. The van der Waals surface area contributed by atoms with Gasteiger partial charge in [0.05, 0.1) is 7.11 Å². The average Bonchev–Trinajstić information content (AvgIpc) is 2.66. The Morgan fingerprint density at radius 2 is 1.29 bits per heavy atom. The van der Waals surface area contributed by atoms with Crippen LogP contribution in [0.5, 0.6) is 11.5 Å². The van der Waals surface area contributed by atoms with Crippen molar-refractivity contribution >= 4 is 5.97 Å². The fourth-order valence-corrected chi connectivity index (χ4v) is 4.14. The lowest BCUT2D eigenvalue weighted by molar-refractivity contribution is -0.140. The molecule has 0 aliphatic rings. The summed E-state index contributed by atoms with van der Waals surface area (Å²) in [5.41, 5.74) is 5.29. The summed E-state index contributed by atoms with van der Waals surface area (Å²) in [5.74, 6) is 0.434. The second kappa shape index (κ2) is 8.68. The zero-order valence-corrected chi connectivity index (χ0v) is 17.8. The van der Waals surface area contributed by atoms with Crippen LogP contribution >= 0.6 is 0 Å². The van der Waals surface area contributed by atoms with Crippen LogP contribution in [0.2, 0.25) is 0 Å². The van der Waals surface area contributed by atoms with Crippen LogP contribution in [0.25, 0.3) is 0 Å². The maximum absolute atomic E-state index is 11.7. The van der Waals surface area contributed by atoms with Gasteiger partial charge in [0, 0.05) is 11.8 Å². The summed E-state index contributed by atoms with van der Waals surface area (Å²) in [4.78, 5) is 11.7. The van der Waals surface area contributed by atoms with Gasteiger partial charge in [-0.1, -0.05) is 31.2 Å². The molecule has 152 valence electrons. The van der Waals surface area contributed by atoms with E-state index in [1.165, 1.54) is 7.11 Å². The van der Waals surface area contributed by atoms with Crippen molar-refractivity contribution in [2.24, 2.45) is 0 Å². The van der Waals surface area contributed by atoms with Gasteiger partial charge >= 0.3 is 5.97 Å². The monoisotopic (exact) mass is 384 g/mol. The van der Waals surface area contributed by atoms with E-state index in [0.29, 0.717) is 24.3 Å². The van der Waals surface area contributed by atoms with Crippen LogP contribution < -0.4 is 0 Å². The molecule has 0 saturated carbocycles. The molecule has 0 saturated heterocycles. The van der Waals surface area contributed by atoms with Crippen molar-refractivity contribution in [2.75, 3.05) is 7.11 Å². The Labute approximate surface area is 168 Å². The van der Waals surface area contributed by atoms with Crippen molar-refractivity contribution in [3.8, 4) is 11.5 Å². The van der Waals surface area contributed by atoms with Crippen LogP contribution in [-0.4, -0.2) is 23.3 Å². The Bertz CT molecular complexity index is 763. The number of benzene rings is 2. The molecule has 0 unspecified atom stereocenters. The Morgan fingerprint density at radius 1 is 0.893 bits per heavy atom. The SMILES string of the molecule is CCC(CCCC(=O)OC)(c1cc(C)c(O)c(C)c1)c1cc(C)c(O)c(C)c1. The highest BCUT2D eigenvalue weighted by atomic mass is 16.5. The van der Waals surface area contributed by atoms with Crippen LogP contribution in [0.1, 0.15) is 66.0 Å². The number of phenols is 2. The molecule has 0 spiro atoms. The lowest BCUT2D eigenvalue weighted by atomic mass is 9.68. The molecule has 0 atom stereocenters. The van der Waals surface area contributed by atoms with Gasteiger partial charge < -0.3 is 14.9 Å². The maximum atomic E-state index is 11.7. The van der Waals surface area contributed by atoms with E-state index in [1.54, 1.807) is 0 Å². The molecular formula is C24H32O4. The van der Waals surface area contributed by atoms with E-state index in [1.807, 2.05) is 52.0 Å². The van der Waals surface area contributed by atoms with Gasteiger partial charge in [0.25, 0.3) is 0 Å². The largest absolute Gasteiger partial charge is 0.507 e. The first-order chi connectivity index (χ1) is 13.2. The highest BCUT2D eigenvalue weighted by molar-refractivity contribution is 5.69. The van der Waals surface area contributed by atoms with E-state index in [2.05, 4.69) is 6.92 Å². The molecule has 2 rings (SSSR count). The zero-order chi connectivity index (χ0) is 21.1. The first-order valence-corrected chi connectivity index (χ1v) is 9.84. The van der Waals surface area contributed by atoms with Gasteiger partial charge in [-0.05, 0) is 80.3 Å². The molecule has 2 N–H and O–H groups in total. The summed E-state index contributed by atoms with van der Waals surface area (Å²) >= 11 is 0. The van der Waals surface area contributed by atoms with Gasteiger partial charge in [-0.3, -0.25) is 4.79 Å². The molecule has 28 heavy (non-hydrogen) atoms. The summed E-state index contributed by atoms with van der Waals surface area (Å²) in [6.45, 7) is 9.79. The average molecular weight is 385 g/mol. The molecule has 0 aliphatic heterocycles. The third-order valence-corrected chi connectivity index (χ3v) is 5.90. The number of aryl methyl sites for hydroxylation is 4. The van der Waals surface area contributed by atoms with Crippen LogP contribution in [0.4, 0.5) is 0 Å². The van der Waals surface area contributed by atoms with Crippen LogP contribution in [0, 0.1) is 27.7 Å². The minimum atomic E-state index is -0.319. The lowest BCUT2D eigenvalue weighted by Crippen LogP contribution is -2.28. The first kappa shape index (κ1) is 21.8. The number of hydrogen-bond donors (Lipinski definition) is 2. The zero-order valence-electron chi connectivity index (χ0n) is 17.8. The number of hydrogen-bond acceptors (Lipinski definition) is 4. The lowest BCUT2D eigenvalue weighted by Gasteiger charge is -2.36. The van der Waals surface area contributed by atoms with Crippen molar-refractivity contribution < 1.29 is 19.7 Å². The number of phenolic OH excluding ortho intramolecular Hbond substituents is 2. The highest BCUT2D eigenvalue weighted by Gasteiger charge is 2.34. The predicted molar refractivity (Wildman–Crippen MR) is 112 cm³/mol. The van der Waals surface area contributed by atoms with Crippen molar-refractivity contribution in [3.05, 3.63) is 57.6 Å². The van der Waals surface area contributed by atoms with Crippen LogP contribution in [-0.2, 0) is 14.9 Å². The Morgan fingerprint density at radius 3 is 1.61 bits per heavy atom. The number of ether oxygens (including phenoxy) is 1. The molecule has 0 amide bonds. The van der Waals surface area contributed by atoms with Crippen LogP contribution in [0.15, 0.2) is 24.3 Å². The number of carbonyl (C=O) groups excluding carboxylic acids is 1. The first-order valence-electron chi connectivity index (χ1n) is 9.84. The normalized spacial score (nSPS) is 11.5. The second-order valence-corrected chi connectivity index (χ2v) is 7.78. The molecule has 0 radical (unpaired) electrons. The number of carbonyl (C=O) groups is 1. The van der Waals surface area contributed by atoms with E-state index in [9.17, 15) is 15.0 Å². The molecule has 0 aliphatic carbocycles. The topological polar surface area (TPSA) is 66.8 Å². The van der Waals surface area contributed by atoms with Crippen molar-refractivity contribution in [3.63, 3.8) is 0 Å². The summed E-state index contributed by atoms with van der Waals surface area (Å²) in [6, 6.07) is 8.17. The van der Waals surface area contributed by atoms with Gasteiger partial charge in [-0.25, -0.2) is 0 Å². The molecule has 2 aromatic rings. The fourth-order valence-electron chi connectivity index (χ4n) is 4.14. The standard InChI is InChI=1S/C24H32O4/c1-7-24(10-8-9-21(25)28-6,19-11-15(2)22(26)16(3)12-19)20-13-17(4)23(27)18(5)14-20/h11-14,26-27H,7-10H2,1-6H3. The second-order valence-electron chi connectivity index (χ2n) is 7.78. The molecular weight excluding hydrogens is 352 g/mol. The molecule has 0 aromatic heterocycles. The quantitative estimate of drug-likeness (QED) is 0.630. The van der Waals surface area contributed by atoms with E-state index >= 15 is 0 Å². The van der Waals surface area contributed by atoms with E-state index in [-0.39, 0.29) is 11.4 Å². The number of methoxy groups -OCH3 is 1. The molecule has 0 heterocycles.